The van der Waals surface area contributed by atoms with E-state index in [0.717, 1.165) is 0 Å². The molecule has 0 saturated carbocycles. The second kappa shape index (κ2) is 6.45. The normalized spacial score (nSPS) is 16.5. The van der Waals surface area contributed by atoms with Crippen LogP contribution in [0.3, 0.4) is 0 Å². The van der Waals surface area contributed by atoms with Gasteiger partial charge >= 0.3 is 25.2 Å². The lowest BCUT2D eigenvalue weighted by atomic mass is 10.6. The van der Waals surface area contributed by atoms with Crippen LogP contribution in [-0.4, -0.2) is 47.3 Å². The largest absolute Gasteiger partial charge is 0.490 e. The van der Waals surface area contributed by atoms with Crippen LogP contribution >= 0.6 is 11.6 Å². The van der Waals surface area contributed by atoms with Gasteiger partial charge in [0.25, 0.3) is 0 Å². The van der Waals surface area contributed by atoms with E-state index in [1.807, 2.05) is 0 Å². The molecule has 0 aliphatic heterocycles. The van der Waals surface area contributed by atoms with Crippen LogP contribution in [0.4, 0.5) is 52.7 Å². The van der Waals surface area contributed by atoms with E-state index in [2.05, 4.69) is 16.4 Å². The zero-order valence-corrected chi connectivity index (χ0v) is 10.3. The topological polar surface area (TPSA) is 15.7 Å². The van der Waals surface area contributed by atoms with Gasteiger partial charge in [-0.25, -0.2) is 0 Å². The third-order valence-corrected chi connectivity index (χ3v) is 1.84. The first-order chi connectivity index (χ1) is 9.37. The predicted molar refractivity (Wildman–Crippen MR) is 43.5 cm³/mol. The molecule has 16 heteroatoms. The number of rotatable bonds is 4. The SMILES string of the molecule is FC(F)(F)N(CC(Cl)ON(C(F)(F)F)C(F)(F)F)C(F)(F)F. The Bertz CT molecular complexity index is 297. The average molecular weight is 383 g/mol. The smallest absolute Gasteiger partial charge is 0.263 e. The molecule has 0 aliphatic rings. The standard InChI is InChI=1S/C6H3ClF12N2O/c7-2(1-20(3(8,9)10)4(11,12)13)22-21(5(14,15)16)6(17,18)19/h2H,1H2. The van der Waals surface area contributed by atoms with Crippen LogP contribution in [0, 0.1) is 0 Å². The van der Waals surface area contributed by atoms with Crippen molar-refractivity contribution in [1.29, 1.82) is 0 Å². The zero-order valence-electron chi connectivity index (χ0n) is 9.50. The fourth-order valence-corrected chi connectivity index (χ4v) is 1.12. The minimum atomic E-state index is -6.30. The summed E-state index contributed by atoms with van der Waals surface area (Å²) in [6, 6.07) is 0. The molecule has 0 radical (unpaired) electrons. The summed E-state index contributed by atoms with van der Waals surface area (Å²) in [6.07, 6.45) is -24.9. The Kier molecular flexibility index (Phi) is 6.25. The van der Waals surface area contributed by atoms with Gasteiger partial charge in [-0.1, -0.05) is 11.6 Å². The fraction of sp³-hybridized carbons (Fsp3) is 1.00. The van der Waals surface area contributed by atoms with Gasteiger partial charge in [-0.3, -0.25) is 4.84 Å². The zero-order chi connectivity index (χ0) is 18.1. The number of halogens is 13. The number of nitrogens with zero attached hydrogens (tertiary/aromatic N) is 2. The average Bonchev–Trinajstić information content (AvgIpc) is 2.15. The van der Waals surface area contributed by atoms with Crippen molar-refractivity contribution in [2.24, 2.45) is 0 Å². The quantitative estimate of drug-likeness (QED) is 0.314. The second-order valence-electron chi connectivity index (χ2n) is 3.29. The van der Waals surface area contributed by atoms with E-state index in [9.17, 15) is 52.7 Å². The first-order valence-corrected chi connectivity index (χ1v) is 4.96. The third kappa shape index (κ3) is 6.62. The first kappa shape index (κ1) is 21.3. The lowest BCUT2D eigenvalue weighted by molar-refractivity contribution is -0.488. The van der Waals surface area contributed by atoms with Crippen LogP contribution in [-0.2, 0) is 4.84 Å². The van der Waals surface area contributed by atoms with Crippen molar-refractivity contribution >= 4 is 11.6 Å². The van der Waals surface area contributed by atoms with Crippen molar-refractivity contribution in [3.05, 3.63) is 0 Å². The van der Waals surface area contributed by atoms with Crippen LogP contribution < -0.4 is 0 Å². The van der Waals surface area contributed by atoms with Crippen molar-refractivity contribution in [3.63, 3.8) is 0 Å². The van der Waals surface area contributed by atoms with Crippen molar-refractivity contribution in [1.82, 2.24) is 9.96 Å². The fourth-order valence-electron chi connectivity index (χ4n) is 0.905. The third-order valence-electron chi connectivity index (χ3n) is 1.62. The highest BCUT2D eigenvalue weighted by molar-refractivity contribution is 6.19. The molecule has 0 aromatic heterocycles. The summed E-state index contributed by atoms with van der Waals surface area (Å²) in [4.78, 5) is 0.563. The highest BCUT2D eigenvalue weighted by Crippen LogP contribution is 2.37. The summed E-state index contributed by atoms with van der Waals surface area (Å²) < 4.78 is 144. The van der Waals surface area contributed by atoms with Crippen molar-refractivity contribution in [2.75, 3.05) is 6.54 Å². The Labute approximate surface area is 117 Å². The van der Waals surface area contributed by atoms with Crippen LogP contribution in [0.1, 0.15) is 0 Å². The molecule has 0 amide bonds. The van der Waals surface area contributed by atoms with E-state index in [1.54, 1.807) is 0 Å². The highest BCUT2D eigenvalue weighted by Gasteiger charge is 2.58. The minimum absolute atomic E-state index is 2.34. The van der Waals surface area contributed by atoms with Gasteiger partial charge in [-0.15, -0.1) is 4.90 Å². The second-order valence-corrected chi connectivity index (χ2v) is 3.78. The van der Waals surface area contributed by atoms with Crippen LogP contribution in [0.25, 0.3) is 0 Å². The molecule has 1 unspecified atom stereocenters. The number of alkyl halides is 13. The molecule has 0 saturated heterocycles. The maximum absolute atomic E-state index is 12.0. The Hall–Kier alpha value is -0.670. The summed E-state index contributed by atoms with van der Waals surface area (Å²) >= 11 is 4.59. The minimum Gasteiger partial charge on any atom is -0.263 e. The molecule has 0 aromatic carbocycles. The van der Waals surface area contributed by atoms with Gasteiger partial charge in [-0.05, 0) is 0 Å². The Morgan fingerprint density at radius 1 is 0.682 bits per heavy atom. The van der Waals surface area contributed by atoms with E-state index < -0.39 is 47.3 Å². The van der Waals surface area contributed by atoms with Crippen molar-refractivity contribution < 1.29 is 57.5 Å². The van der Waals surface area contributed by atoms with Crippen LogP contribution in [0.2, 0.25) is 0 Å². The van der Waals surface area contributed by atoms with Gasteiger partial charge < -0.3 is 0 Å². The van der Waals surface area contributed by atoms with E-state index in [-0.39, 0.29) is 0 Å². The Balaban J connectivity index is 5.15. The van der Waals surface area contributed by atoms with Crippen LogP contribution in [0.15, 0.2) is 0 Å². The van der Waals surface area contributed by atoms with Gasteiger partial charge in [0.15, 0.2) is 5.56 Å². The highest BCUT2D eigenvalue weighted by atomic mass is 35.5. The van der Waals surface area contributed by atoms with E-state index in [0.29, 0.717) is 0 Å². The van der Waals surface area contributed by atoms with Gasteiger partial charge in [0.1, 0.15) is 0 Å². The number of hydroxylamine groups is 2. The molecule has 0 aliphatic carbocycles. The van der Waals surface area contributed by atoms with E-state index in [4.69, 9.17) is 0 Å². The monoisotopic (exact) mass is 382 g/mol. The first-order valence-electron chi connectivity index (χ1n) is 4.52. The van der Waals surface area contributed by atoms with E-state index in [1.165, 1.54) is 0 Å². The van der Waals surface area contributed by atoms with Crippen molar-refractivity contribution in [2.45, 2.75) is 30.8 Å². The van der Waals surface area contributed by atoms with E-state index >= 15 is 0 Å². The van der Waals surface area contributed by atoms with Crippen LogP contribution in [0.5, 0.6) is 0 Å². The number of hydrogen-bond acceptors (Lipinski definition) is 3. The molecule has 0 rings (SSSR count). The summed E-state index contributed by atoms with van der Waals surface area (Å²) in [5.41, 5.74) is -3.27. The molecule has 0 bridgehead atoms. The molecule has 3 nitrogen and oxygen atoms in total. The maximum Gasteiger partial charge on any atom is 0.490 e. The molecule has 22 heavy (non-hydrogen) atoms. The predicted octanol–water partition coefficient (Wildman–Crippen LogP) is 4.17. The molecule has 1 atom stereocenters. The molecule has 0 fully saturated rings. The van der Waals surface area contributed by atoms with Gasteiger partial charge in [0.2, 0.25) is 0 Å². The summed E-state index contributed by atoms with van der Waals surface area (Å²) in [5, 5.41) is -2.72. The van der Waals surface area contributed by atoms with Gasteiger partial charge in [0, 0.05) is 5.06 Å². The Morgan fingerprint density at radius 3 is 1.23 bits per heavy atom. The summed E-state index contributed by atoms with van der Waals surface area (Å²) in [7, 11) is 0. The number of hydrogen-bond donors (Lipinski definition) is 0. The molecule has 0 heterocycles. The summed E-state index contributed by atoms with van der Waals surface area (Å²) in [6.45, 7) is -2.57. The molecule has 0 aromatic rings. The lowest BCUT2D eigenvalue weighted by Gasteiger charge is -2.31. The molecule has 0 N–H and O–H groups in total. The molecule has 134 valence electrons. The maximum atomic E-state index is 12.0. The van der Waals surface area contributed by atoms with Gasteiger partial charge in [-0.2, -0.15) is 52.7 Å². The van der Waals surface area contributed by atoms with Gasteiger partial charge in [0.05, 0.1) is 6.54 Å². The Morgan fingerprint density at radius 2 is 1.00 bits per heavy atom. The van der Waals surface area contributed by atoms with Crippen molar-refractivity contribution in [3.8, 4) is 0 Å². The molecule has 0 spiro atoms. The molecular formula is C6H3ClF12N2O. The lowest BCUT2D eigenvalue weighted by Crippen LogP contribution is -2.54. The summed E-state index contributed by atoms with van der Waals surface area (Å²) in [5.74, 6) is 0. The molecular weight excluding hydrogens is 380 g/mol.